The Kier molecular flexibility index (Phi) is 6.06. The van der Waals surface area contributed by atoms with Gasteiger partial charge in [0.1, 0.15) is 18.1 Å². The number of anilines is 1. The molecular weight excluding hydrogens is 322 g/mol. The third-order valence-electron chi connectivity index (χ3n) is 3.52. The lowest BCUT2D eigenvalue weighted by atomic mass is 10.2. The number of hydrogen-bond acceptors (Lipinski definition) is 5. The number of nitrogens with one attached hydrogen (secondary N) is 2. The quantitative estimate of drug-likeness (QED) is 0.536. The molecule has 8 heteroatoms. The second-order valence-corrected chi connectivity index (χ2v) is 5.87. The molecule has 0 atom stereocenters. The molecule has 2 aromatic heterocycles. The molecule has 0 aliphatic heterocycles. The van der Waals surface area contributed by atoms with Crippen LogP contribution >= 0.6 is 0 Å². The van der Waals surface area contributed by atoms with Crippen molar-refractivity contribution in [3.63, 3.8) is 0 Å². The van der Waals surface area contributed by atoms with Gasteiger partial charge in [-0.15, -0.1) is 0 Å². The Morgan fingerprint density at radius 3 is 2.96 bits per heavy atom. The van der Waals surface area contributed by atoms with Crippen LogP contribution in [0.15, 0.2) is 11.0 Å². The van der Waals surface area contributed by atoms with E-state index in [9.17, 15) is 9.59 Å². The smallest absolute Gasteiger partial charge is 0.263 e. The molecule has 2 aromatic rings. The minimum Gasteiger partial charge on any atom is -0.444 e. The van der Waals surface area contributed by atoms with Crippen LogP contribution in [-0.4, -0.2) is 33.6 Å². The number of amides is 1. The highest BCUT2D eigenvalue weighted by Crippen LogP contribution is 2.20. The van der Waals surface area contributed by atoms with E-state index in [2.05, 4.69) is 27.3 Å². The SMILES string of the molecule is CCCC(=O)NCCOC#Cc1cn(C(C)C)c2nc(N)[nH]c(=O)c12. The standard InChI is InChI=1S/C17H23N5O3/c1-4-5-13(23)19-7-9-25-8-6-12-10-22(11(2)3)15-14(12)16(24)21-17(18)20-15/h10-11H,4-5,7,9H2,1-3H3,(H,19,23)(H3,18,20,21,24). The first-order chi connectivity index (χ1) is 11.9. The van der Waals surface area contributed by atoms with Gasteiger partial charge in [0.2, 0.25) is 11.9 Å². The van der Waals surface area contributed by atoms with Crippen molar-refractivity contribution in [3.8, 4) is 12.0 Å². The predicted octanol–water partition coefficient (Wildman–Crippen LogP) is 1.13. The number of nitrogen functional groups attached to an aromatic ring is 1. The van der Waals surface area contributed by atoms with Crippen molar-refractivity contribution in [2.24, 2.45) is 0 Å². The molecule has 0 aliphatic rings. The molecule has 2 heterocycles. The van der Waals surface area contributed by atoms with Crippen molar-refractivity contribution in [3.05, 3.63) is 22.1 Å². The van der Waals surface area contributed by atoms with Crippen molar-refractivity contribution < 1.29 is 9.53 Å². The molecule has 0 saturated carbocycles. The van der Waals surface area contributed by atoms with E-state index in [1.807, 2.05) is 25.3 Å². The Morgan fingerprint density at radius 1 is 1.52 bits per heavy atom. The topological polar surface area (TPSA) is 115 Å². The zero-order chi connectivity index (χ0) is 18.4. The third-order valence-corrected chi connectivity index (χ3v) is 3.52. The molecule has 8 nitrogen and oxygen atoms in total. The Labute approximate surface area is 145 Å². The molecule has 0 fully saturated rings. The highest BCUT2D eigenvalue weighted by atomic mass is 16.5. The lowest BCUT2D eigenvalue weighted by Gasteiger charge is -2.07. The van der Waals surface area contributed by atoms with Crippen LogP contribution in [0.5, 0.6) is 0 Å². The number of aromatic nitrogens is 3. The van der Waals surface area contributed by atoms with E-state index >= 15 is 0 Å². The Balaban J connectivity index is 2.12. The summed E-state index contributed by atoms with van der Waals surface area (Å²) >= 11 is 0. The minimum absolute atomic E-state index is 0.00531. The number of ether oxygens (including phenoxy) is 1. The Morgan fingerprint density at radius 2 is 2.28 bits per heavy atom. The minimum atomic E-state index is -0.335. The van der Waals surface area contributed by atoms with E-state index in [0.717, 1.165) is 6.42 Å². The van der Waals surface area contributed by atoms with Crippen LogP contribution in [0.3, 0.4) is 0 Å². The van der Waals surface area contributed by atoms with Crippen LogP contribution in [0.2, 0.25) is 0 Å². The molecular formula is C17H23N5O3. The first kappa shape index (κ1) is 18.4. The van der Waals surface area contributed by atoms with Crippen molar-refractivity contribution >= 4 is 22.9 Å². The molecule has 0 spiro atoms. The monoisotopic (exact) mass is 345 g/mol. The first-order valence-electron chi connectivity index (χ1n) is 8.23. The lowest BCUT2D eigenvalue weighted by molar-refractivity contribution is -0.121. The third kappa shape index (κ3) is 4.53. The van der Waals surface area contributed by atoms with Crippen molar-refractivity contribution in [1.82, 2.24) is 19.9 Å². The number of carbonyl (C=O) groups is 1. The molecule has 0 aromatic carbocycles. The summed E-state index contributed by atoms with van der Waals surface area (Å²) in [6.07, 6.45) is 5.63. The molecule has 0 bridgehead atoms. The van der Waals surface area contributed by atoms with Crippen LogP contribution in [0, 0.1) is 12.0 Å². The highest BCUT2D eigenvalue weighted by Gasteiger charge is 2.14. The molecule has 134 valence electrons. The first-order valence-corrected chi connectivity index (χ1v) is 8.23. The molecule has 0 aliphatic carbocycles. The van der Waals surface area contributed by atoms with E-state index in [4.69, 9.17) is 10.5 Å². The van der Waals surface area contributed by atoms with E-state index in [1.165, 1.54) is 0 Å². The summed E-state index contributed by atoms with van der Waals surface area (Å²) < 4.78 is 7.05. The maximum atomic E-state index is 12.2. The average molecular weight is 345 g/mol. The normalized spacial score (nSPS) is 10.6. The van der Waals surface area contributed by atoms with Gasteiger partial charge in [-0.1, -0.05) is 6.92 Å². The van der Waals surface area contributed by atoms with Crippen LogP contribution < -0.4 is 16.6 Å². The fourth-order valence-corrected chi connectivity index (χ4v) is 2.36. The predicted molar refractivity (Wildman–Crippen MR) is 95.9 cm³/mol. The number of nitrogens with zero attached hydrogens (tertiary/aromatic N) is 2. The van der Waals surface area contributed by atoms with Crippen molar-refractivity contribution in [2.45, 2.75) is 39.7 Å². The fraction of sp³-hybridized carbons (Fsp3) is 0.471. The Hall–Kier alpha value is -2.95. The fourth-order valence-electron chi connectivity index (χ4n) is 2.36. The van der Waals surface area contributed by atoms with Crippen LogP contribution in [0.25, 0.3) is 11.0 Å². The van der Waals surface area contributed by atoms with E-state index in [1.54, 1.807) is 6.20 Å². The number of hydrogen-bond donors (Lipinski definition) is 3. The van der Waals surface area contributed by atoms with E-state index in [0.29, 0.717) is 29.6 Å². The largest absolute Gasteiger partial charge is 0.444 e. The molecule has 2 rings (SSSR count). The van der Waals surface area contributed by atoms with Crippen LogP contribution in [0.4, 0.5) is 5.95 Å². The maximum Gasteiger partial charge on any atom is 0.263 e. The zero-order valence-electron chi connectivity index (χ0n) is 14.7. The molecule has 0 saturated heterocycles. The number of carbonyl (C=O) groups excluding carboxylic acids is 1. The van der Waals surface area contributed by atoms with Gasteiger partial charge in [-0.05, 0) is 26.2 Å². The van der Waals surface area contributed by atoms with Gasteiger partial charge in [0.25, 0.3) is 5.56 Å². The maximum absolute atomic E-state index is 12.2. The van der Waals surface area contributed by atoms with Crippen LogP contribution in [-0.2, 0) is 9.53 Å². The average Bonchev–Trinajstić information content (AvgIpc) is 2.90. The van der Waals surface area contributed by atoms with E-state index < -0.39 is 0 Å². The van der Waals surface area contributed by atoms with Gasteiger partial charge in [0, 0.05) is 18.7 Å². The molecule has 1 amide bonds. The van der Waals surface area contributed by atoms with E-state index in [-0.39, 0.29) is 30.1 Å². The van der Waals surface area contributed by atoms with Gasteiger partial charge in [-0.25, -0.2) is 0 Å². The number of nitrogens with two attached hydrogens (primary N) is 1. The molecule has 0 radical (unpaired) electrons. The van der Waals surface area contributed by atoms with Gasteiger partial charge in [0.05, 0.1) is 12.1 Å². The summed E-state index contributed by atoms with van der Waals surface area (Å²) in [5, 5.41) is 3.12. The van der Waals surface area contributed by atoms with Gasteiger partial charge in [-0.2, -0.15) is 4.98 Å². The number of fused-ring (bicyclic) bond motifs is 1. The van der Waals surface area contributed by atoms with Gasteiger partial charge >= 0.3 is 0 Å². The van der Waals surface area contributed by atoms with Crippen molar-refractivity contribution in [2.75, 3.05) is 18.9 Å². The van der Waals surface area contributed by atoms with Gasteiger partial charge in [0.15, 0.2) is 5.65 Å². The summed E-state index contributed by atoms with van der Waals surface area (Å²) in [5.41, 5.74) is 6.31. The highest BCUT2D eigenvalue weighted by molar-refractivity contribution is 5.83. The Bertz CT molecular complexity index is 870. The number of H-pyrrole nitrogens is 1. The summed E-state index contributed by atoms with van der Waals surface area (Å²) in [4.78, 5) is 30.2. The lowest BCUT2D eigenvalue weighted by Crippen LogP contribution is -2.26. The summed E-state index contributed by atoms with van der Waals surface area (Å²) in [5.74, 6) is 2.89. The molecule has 0 unspecified atom stereocenters. The summed E-state index contributed by atoms with van der Waals surface area (Å²) in [7, 11) is 0. The molecule has 25 heavy (non-hydrogen) atoms. The van der Waals surface area contributed by atoms with Crippen molar-refractivity contribution in [1.29, 1.82) is 0 Å². The molecule has 4 N–H and O–H groups in total. The van der Waals surface area contributed by atoms with Crippen LogP contribution in [0.1, 0.15) is 45.2 Å². The number of aromatic amines is 1. The number of rotatable bonds is 6. The summed E-state index contributed by atoms with van der Waals surface area (Å²) in [6.45, 7) is 6.56. The second kappa shape index (κ2) is 8.24. The van der Waals surface area contributed by atoms with Gasteiger partial charge in [-0.3, -0.25) is 14.6 Å². The second-order valence-electron chi connectivity index (χ2n) is 5.87. The zero-order valence-corrected chi connectivity index (χ0v) is 14.7. The summed E-state index contributed by atoms with van der Waals surface area (Å²) in [6, 6.07) is 0.0986. The van der Waals surface area contributed by atoms with Gasteiger partial charge < -0.3 is 20.4 Å².